The van der Waals surface area contributed by atoms with Crippen molar-refractivity contribution in [3.63, 3.8) is 0 Å². The lowest BCUT2D eigenvalue weighted by Crippen LogP contribution is -2.60. The minimum absolute atomic E-state index is 0.139. The van der Waals surface area contributed by atoms with Gasteiger partial charge in [0.25, 0.3) is 0 Å². The Balaban J connectivity index is 2.08. The van der Waals surface area contributed by atoms with Gasteiger partial charge in [-0.25, -0.2) is 0 Å². The average molecular weight is 1290 g/mol. The van der Waals surface area contributed by atoms with Gasteiger partial charge in [0, 0.05) is 6.42 Å². The van der Waals surface area contributed by atoms with Crippen LogP contribution >= 0.6 is 0 Å². The molecule has 92 heavy (non-hydrogen) atoms. The predicted molar refractivity (Wildman–Crippen MR) is 396 cm³/mol. The van der Waals surface area contributed by atoms with E-state index in [4.69, 9.17) is 9.47 Å². The SMILES string of the molecule is CC/C=C\C/C=C\C/C=C\C/C=C\C/C=C\C/C=C\C/C=C\C/C=C\CCCCCCCCCCCCCCCCC(=O)NC(COC1OC(CO)C(O)C(O)C1O)C(O)CCCCCCCCCCCCCCCCCCCCCCCCCCCCCCCC. The van der Waals surface area contributed by atoms with E-state index in [1.165, 1.54) is 250 Å². The van der Waals surface area contributed by atoms with Gasteiger partial charge in [-0.1, -0.05) is 381 Å². The highest BCUT2D eigenvalue weighted by molar-refractivity contribution is 5.76. The van der Waals surface area contributed by atoms with Gasteiger partial charge in [-0.05, 0) is 77.0 Å². The van der Waals surface area contributed by atoms with Crippen LogP contribution < -0.4 is 5.32 Å². The number of hydrogen-bond donors (Lipinski definition) is 6. The molecule has 9 heteroatoms. The minimum Gasteiger partial charge on any atom is -0.394 e. The Morgan fingerprint density at radius 1 is 0.380 bits per heavy atom. The topological polar surface area (TPSA) is 149 Å². The Kier molecular flexibility index (Phi) is 67.1. The summed E-state index contributed by atoms with van der Waals surface area (Å²) < 4.78 is 11.4. The predicted octanol–water partition coefficient (Wildman–Crippen LogP) is 22.6. The van der Waals surface area contributed by atoms with Crippen molar-refractivity contribution in [3.8, 4) is 0 Å². The van der Waals surface area contributed by atoms with Gasteiger partial charge in [0.05, 0.1) is 25.4 Å². The first-order valence-corrected chi connectivity index (χ1v) is 39.4. The van der Waals surface area contributed by atoms with Gasteiger partial charge in [0.15, 0.2) is 6.29 Å². The zero-order chi connectivity index (χ0) is 66.4. The third-order valence-corrected chi connectivity index (χ3v) is 18.5. The molecule has 0 aromatic heterocycles. The van der Waals surface area contributed by atoms with E-state index in [2.05, 4.69) is 116 Å². The Hall–Kier alpha value is -2.89. The summed E-state index contributed by atoms with van der Waals surface area (Å²) in [6, 6.07) is -0.726. The Bertz CT molecular complexity index is 1780. The molecule has 0 radical (unpaired) electrons. The second-order valence-electron chi connectivity index (χ2n) is 27.1. The number of allylic oxidation sites excluding steroid dienone is 16. The molecule has 0 aromatic rings. The first-order chi connectivity index (χ1) is 45.3. The van der Waals surface area contributed by atoms with Crippen molar-refractivity contribution in [2.24, 2.45) is 0 Å². The van der Waals surface area contributed by atoms with E-state index in [1.54, 1.807) is 0 Å². The molecule has 0 saturated carbocycles. The highest BCUT2D eigenvalue weighted by Crippen LogP contribution is 2.24. The number of amides is 1. The molecule has 0 bridgehead atoms. The normalized spacial score (nSPS) is 18.2. The number of unbranched alkanes of at least 4 members (excludes halogenated alkanes) is 43. The first-order valence-electron chi connectivity index (χ1n) is 39.4. The third kappa shape index (κ3) is 58.5. The van der Waals surface area contributed by atoms with Crippen LogP contribution in [0.25, 0.3) is 0 Å². The largest absolute Gasteiger partial charge is 0.394 e. The number of nitrogens with one attached hydrogen (secondary N) is 1. The number of aliphatic hydroxyl groups is 5. The van der Waals surface area contributed by atoms with Gasteiger partial charge in [0.2, 0.25) is 5.91 Å². The van der Waals surface area contributed by atoms with Crippen LogP contribution in [0, 0.1) is 0 Å². The van der Waals surface area contributed by atoms with Gasteiger partial charge in [-0.2, -0.15) is 0 Å². The molecular formula is C83H149NO8. The fraction of sp³-hybridized carbons (Fsp3) is 0.795. The molecule has 1 heterocycles. The summed E-state index contributed by atoms with van der Waals surface area (Å²) in [6.45, 7) is 3.77. The van der Waals surface area contributed by atoms with Gasteiger partial charge in [-0.15, -0.1) is 0 Å². The molecule has 0 aromatic carbocycles. The lowest BCUT2D eigenvalue weighted by molar-refractivity contribution is -0.302. The average Bonchev–Trinajstić information content (AvgIpc) is 1.45. The second kappa shape index (κ2) is 70.9. The van der Waals surface area contributed by atoms with Crippen molar-refractivity contribution < 1.29 is 39.8 Å². The molecule has 1 aliphatic heterocycles. The monoisotopic (exact) mass is 1290 g/mol. The summed E-state index contributed by atoms with van der Waals surface area (Å²) in [7, 11) is 0. The first kappa shape index (κ1) is 87.1. The van der Waals surface area contributed by atoms with E-state index in [0.717, 1.165) is 89.9 Å². The lowest BCUT2D eigenvalue weighted by atomic mass is 9.99. The molecule has 7 atom stereocenters. The van der Waals surface area contributed by atoms with E-state index in [9.17, 15) is 30.3 Å². The summed E-state index contributed by atoms with van der Waals surface area (Å²) in [5.74, 6) is -0.142. The molecule has 1 saturated heterocycles. The van der Waals surface area contributed by atoms with Gasteiger partial charge >= 0.3 is 0 Å². The Labute approximate surface area is 568 Å². The number of carbonyl (C=O) groups excluding carboxylic acids is 1. The zero-order valence-electron chi connectivity index (χ0n) is 60.0. The van der Waals surface area contributed by atoms with E-state index in [0.29, 0.717) is 12.8 Å². The highest BCUT2D eigenvalue weighted by atomic mass is 16.7. The van der Waals surface area contributed by atoms with E-state index in [1.807, 2.05) is 0 Å². The fourth-order valence-electron chi connectivity index (χ4n) is 12.4. The number of aliphatic hydroxyl groups excluding tert-OH is 5. The maximum Gasteiger partial charge on any atom is 0.220 e. The van der Waals surface area contributed by atoms with E-state index >= 15 is 0 Å². The standard InChI is InChI=1S/C83H149NO8/c1-3-5-7-9-11-13-15-17-19-21-23-25-27-29-31-33-35-36-37-38-39-40-41-42-43-45-47-49-51-53-55-57-59-61-63-65-67-69-71-73-79(87)84-76(75-91-83-82(90)81(89)80(88)78(74-85)92-83)77(86)72-70-68-66-64-62-60-58-56-54-52-50-48-46-44-34-32-30-28-26-24-22-20-18-16-14-12-10-8-6-4-2/h5,7,11,13,17,19,23,25,29,31,35-36,38-39,41-42,76-78,80-83,85-86,88-90H,3-4,6,8-10,12,14-16,18,20-22,24,26-28,30,32-34,37,40,43-75H2,1-2H3,(H,84,87)/b7-5-,13-11-,19-17-,25-23-,31-29-,36-35-,39-38-,42-41-. The molecule has 0 spiro atoms. The second-order valence-corrected chi connectivity index (χ2v) is 27.1. The third-order valence-electron chi connectivity index (χ3n) is 18.5. The fourth-order valence-corrected chi connectivity index (χ4v) is 12.4. The Morgan fingerprint density at radius 3 is 1.00 bits per heavy atom. The molecule has 534 valence electrons. The van der Waals surface area contributed by atoms with Crippen molar-refractivity contribution in [1.82, 2.24) is 5.32 Å². The molecule has 1 aliphatic rings. The van der Waals surface area contributed by atoms with Crippen molar-refractivity contribution in [1.29, 1.82) is 0 Å². The smallest absolute Gasteiger partial charge is 0.220 e. The van der Waals surface area contributed by atoms with E-state index in [-0.39, 0.29) is 12.5 Å². The van der Waals surface area contributed by atoms with Crippen LogP contribution in [0.1, 0.15) is 367 Å². The number of carbonyl (C=O) groups is 1. The van der Waals surface area contributed by atoms with Crippen LogP contribution in [-0.4, -0.2) is 87.5 Å². The summed E-state index contributed by atoms with van der Waals surface area (Å²) in [4.78, 5) is 13.2. The van der Waals surface area contributed by atoms with Crippen LogP contribution in [0.4, 0.5) is 0 Å². The number of ether oxygens (including phenoxy) is 2. The number of hydrogen-bond acceptors (Lipinski definition) is 8. The highest BCUT2D eigenvalue weighted by Gasteiger charge is 2.44. The van der Waals surface area contributed by atoms with Crippen LogP contribution in [-0.2, 0) is 14.3 Å². The van der Waals surface area contributed by atoms with Gasteiger partial charge in [-0.3, -0.25) is 4.79 Å². The van der Waals surface area contributed by atoms with Gasteiger partial charge < -0.3 is 40.3 Å². The molecular weight excluding hydrogens is 1140 g/mol. The molecule has 1 amide bonds. The maximum absolute atomic E-state index is 13.2. The summed E-state index contributed by atoms with van der Waals surface area (Å²) in [6.07, 6.45) is 96.4. The van der Waals surface area contributed by atoms with Crippen molar-refractivity contribution in [3.05, 3.63) is 97.2 Å². The molecule has 6 N–H and O–H groups in total. The molecule has 9 nitrogen and oxygen atoms in total. The van der Waals surface area contributed by atoms with E-state index < -0.39 is 49.5 Å². The zero-order valence-corrected chi connectivity index (χ0v) is 60.0. The van der Waals surface area contributed by atoms with Crippen LogP contribution in [0.3, 0.4) is 0 Å². The summed E-state index contributed by atoms with van der Waals surface area (Å²) in [5, 5.41) is 55.1. The minimum atomic E-state index is -1.56. The summed E-state index contributed by atoms with van der Waals surface area (Å²) in [5.41, 5.74) is 0. The molecule has 0 aliphatic carbocycles. The maximum atomic E-state index is 13.2. The molecule has 7 unspecified atom stereocenters. The van der Waals surface area contributed by atoms with Crippen LogP contribution in [0.5, 0.6) is 0 Å². The van der Waals surface area contributed by atoms with Crippen LogP contribution in [0.2, 0.25) is 0 Å². The summed E-state index contributed by atoms with van der Waals surface area (Å²) >= 11 is 0. The van der Waals surface area contributed by atoms with Crippen molar-refractivity contribution in [2.45, 2.75) is 410 Å². The molecule has 1 fully saturated rings. The van der Waals surface area contributed by atoms with Crippen molar-refractivity contribution >= 4 is 5.91 Å². The van der Waals surface area contributed by atoms with Crippen molar-refractivity contribution in [2.75, 3.05) is 13.2 Å². The quantitative estimate of drug-likeness (QED) is 0.0261. The Morgan fingerprint density at radius 2 is 0.674 bits per heavy atom. The van der Waals surface area contributed by atoms with Crippen LogP contribution in [0.15, 0.2) is 97.2 Å². The lowest BCUT2D eigenvalue weighted by Gasteiger charge is -2.40. The number of rotatable bonds is 69. The molecule has 1 rings (SSSR count). The van der Waals surface area contributed by atoms with Gasteiger partial charge in [0.1, 0.15) is 24.4 Å².